The summed E-state index contributed by atoms with van der Waals surface area (Å²) in [4.78, 5) is 13.6. The molecule has 2 rings (SSSR count). The predicted octanol–water partition coefficient (Wildman–Crippen LogP) is 2.92. The molecule has 1 amide bonds. The molecule has 1 aromatic carbocycles. The van der Waals surface area contributed by atoms with Crippen molar-refractivity contribution in [1.29, 1.82) is 0 Å². The molecule has 4 heteroatoms. The van der Waals surface area contributed by atoms with Crippen LogP contribution in [0.15, 0.2) is 16.6 Å². The van der Waals surface area contributed by atoms with Crippen LogP contribution in [0, 0.1) is 6.92 Å². The molecular formula is C12H15BrN2O. The van der Waals surface area contributed by atoms with Crippen molar-refractivity contribution in [3.8, 4) is 0 Å². The molecule has 0 saturated carbocycles. The summed E-state index contributed by atoms with van der Waals surface area (Å²) in [6, 6.07) is 4.25. The van der Waals surface area contributed by atoms with Crippen LogP contribution in [0.4, 0.5) is 11.4 Å². The number of aryl methyl sites for hydroxylation is 1. The Morgan fingerprint density at radius 1 is 1.50 bits per heavy atom. The second-order valence-electron chi connectivity index (χ2n) is 4.34. The van der Waals surface area contributed by atoms with Crippen LogP contribution >= 0.6 is 15.9 Å². The number of nitrogens with one attached hydrogen (secondary N) is 1. The number of amides is 1. The number of fused-ring (bicyclic) bond motifs is 1. The SMILES string of the molecule is Cc1cc(Br)c2c(c1)N(C)C(=O)CC(C)N2. The van der Waals surface area contributed by atoms with Crippen LogP contribution in [0.3, 0.4) is 0 Å². The van der Waals surface area contributed by atoms with Gasteiger partial charge < -0.3 is 10.2 Å². The molecule has 16 heavy (non-hydrogen) atoms. The zero-order valence-corrected chi connectivity index (χ0v) is 11.3. The number of carbonyl (C=O) groups excluding carboxylic acids is 1. The Labute approximate surface area is 104 Å². The van der Waals surface area contributed by atoms with Crippen LogP contribution in [0.5, 0.6) is 0 Å². The Balaban J connectivity index is 2.59. The molecule has 1 unspecified atom stereocenters. The topological polar surface area (TPSA) is 32.3 Å². The Morgan fingerprint density at radius 3 is 2.88 bits per heavy atom. The van der Waals surface area contributed by atoms with E-state index in [1.54, 1.807) is 4.90 Å². The van der Waals surface area contributed by atoms with Crippen molar-refractivity contribution >= 4 is 33.2 Å². The number of hydrogen-bond donors (Lipinski definition) is 1. The van der Waals surface area contributed by atoms with Crippen LogP contribution < -0.4 is 10.2 Å². The van der Waals surface area contributed by atoms with Gasteiger partial charge in [0.15, 0.2) is 0 Å². The number of rotatable bonds is 0. The Kier molecular flexibility index (Phi) is 2.93. The first-order valence-corrected chi connectivity index (χ1v) is 6.11. The van der Waals surface area contributed by atoms with E-state index in [1.807, 2.05) is 27.0 Å². The lowest BCUT2D eigenvalue weighted by Gasteiger charge is -2.19. The van der Waals surface area contributed by atoms with Crippen LogP contribution in [0.25, 0.3) is 0 Å². The molecule has 1 aromatic rings. The molecule has 0 radical (unpaired) electrons. The Hall–Kier alpha value is -1.03. The smallest absolute Gasteiger partial charge is 0.228 e. The quantitative estimate of drug-likeness (QED) is 0.794. The van der Waals surface area contributed by atoms with Crippen molar-refractivity contribution in [2.45, 2.75) is 26.3 Å². The maximum Gasteiger partial charge on any atom is 0.228 e. The second kappa shape index (κ2) is 4.09. The van der Waals surface area contributed by atoms with Gasteiger partial charge in [-0.3, -0.25) is 4.79 Å². The van der Waals surface area contributed by atoms with Crippen LogP contribution in [-0.2, 0) is 4.79 Å². The van der Waals surface area contributed by atoms with Crippen LogP contribution in [0.2, 0.25) is 0 Å². The van der Waals surface area contributed by atoms with E-state index in [9.17, 15) is 4.79 Å². The highest BCUT2D eigenvalue weighted by atomic mass is 79.9. The van der Waals surface area contributed by atoms with Crippen LogP contribution in [0.1, 0.15) is 18.9 Å². The third kappa shape index (κ3) is 1.94. The highest BCUT2D eigenvalue weighted by Gasteiger charge is 2.24. The monoisotopic (exact) mass is 282 g/mol. The molecule has 1 N–H and O–H groups in total. The lowest BCUT2D eigenvalue weighted by Crippen LogP contribution is -2.27. The molecule has 0 aliphatic carbocycles. The molecule has 1 aliphatic heterocycles. The normalized spacial score (nSPS) is 20.1. The second-order valence-corrected chi connectivity index (χ2v) is 5.20. The van der Waals surface area contributed by atoms with Crippen molar-refractivity contribution < 1.29 is 4.79 Å². The predicted molar refractivity (Wildman–Crippen MR) is 70.0 cm³/mol. The minimum absolute atomic E-state index is 0.149. The molecule has 0 bridgehead atoms. The van der Waals surface area contributed by atoms with Gasteiger partial charge in [0.25, 0.3) is 0 Å². The minimum atomic E-state index is 0.149. The molecule has 1 heterocycles. The van der Waals surface area contributed by atoms with Crippen molar-refractivity contribution in [3.05, 3.63) is 22.2 Å². The molecule has 1 aliphatic rings. The maximum absolute atomic E-state index is 11.9. The number of anilines is 2. The molecule has 0 spiro atoms. The van der Waals surface area contributed by atoms with Gasteiger partial charge in [-0.25, -0.2) is 0 Å². The third-order valence-corrected chi connectivity index (χ3v) is 3.45. The Morgan fingerprint density at radius 2 is 2.19 bits per heavy atom. The van der Waals surface area contributed by atoms with Crippen molar-refractivity contribution in [1.82, 2.24) is 0 Å². The molecule has 0 aromatic heterocycles. The van der Waals surface area contributed by atoms with E-state index in [1.165, 1.54) is 0 Å². The van der Waals surface area contributed by atoms with Gasteiger partial charge in [-0.2, -0.15) is 0 Å². The Bertz CT molecular complexity index is 445. The fraction of sp³-hybridized carbons (Fsp3) is 0.417. The summed E-state index contributed by atoms with van der Waals surface area (Å²) < 4.78 is 1.01. The van der Waals surface area contributed by atoms with Gasteiger partial charge in [0.2, 0.25) is 5.91 Å². The van der Waals surface area contributed by atoms with Gasteiger partial charge in [-0.05, 0) is 47.5 Å². The number of nitrogens with zero attached hydrogens (tertiary/aromatic N) is 1. The molecule has 1 atom stereocenters. The number of hydrogen-bond acceptors (Lipinski definition) is 2. The largest absolute Gasteiger partial charge is 0.379 e. The molecular weight excluding hydrogens is 268 g/mol. The van der Waals surface area contributed by atoms with E-state index in [2.05, 4.69) is 27.3 Å². The van der Waals surface area contributed by atoms with Gasteiger partial charge in [-0.15, -0.1) is 0 Å². The number of carbonyl (C=O) groups is 1. The maximum atomic E-state index is 11.9. The van der Waals surface area contributed by atoms with E-state index in [-0.39, 0.29) is 11.9 Å². The lowest BCUT2D eigenvalue weighted by atomic mass is 10.2. The summed E-state index contributed by atoms with van der Waals surface area (Å²) in [6.07, 6.45) is 0.524. The fourth-order valence-electron chi connectivity index (χ4n) is 1.96. The van der Waals surface area contributed by atoms with Gasteiger partial charge in [0.1, 0.15) is 0 Å². The van der Waals surface area contributed by atoms with E-state index in [0.29, 0.717) is 6.42 Å². The van der Waals surface area contributed by atoms with Gasteiger partial charge in [0.05, 0.1) is 11.4 Å². The summed E-state index contributed by atoms with van der Waals surface area (Å²) in [5.41, 5.74) is 3.09. The van der Waals surface area contributed by atoms with Crippen molar-refractivity contribution in [2.75, 3.05) is 17.3 Å². The summed E-state index contributed by atoms with van der Waals surface area (Å²) in [6.45, 7) is 4.05. The summed E-state index contributed by atoms with van der Waals surface area (Å²) in [7, 11) is 1.83. The zero-order chi connectivity index (χ0) is 11.9. The van der Waals surface area contributed by atoms with E-state index in [4.69, 9.17) is 0 Å². The highest BCUT2D eigenvalue weighted by molar-refractivity contribution is 9.10. The number of halogens is 1. The van der Waals surface area contributed by atoms with E-state index >= 15 is 0 Å². The minimum Gasteiger partial charge on any atom is -0.379 e. The molecule has 0 saturated heterocycles. The van der Waals surface area contributed by atoms with Gasteiger partial charge in [-0.1, -0.05) is 0 Å². The lowest BCUT2D eigenvalue weighted by molar-refractivity contribution is -0.118. The first-order valence-electron chi connectivity index (χ1n) is 5.32. The molecule has 3 nitrogen and oxygen atoms in total. The van der Waals surface area contributed by atoms with Crippen LogP contribution in [-0.4, -0.2) is 19.0 Å². The molecule has 86 valence electrons. The van der Waals surface area contributed by atoms with E-state index < -0.39 is 0 Å². The summed E-state index contributed by atoms with van der Waals surface area (Å²) in [5, 5.41) is 3.37. The van der Waals surface area contributed by atoms with Gasteiger partial charge in [0, 0.05) is 24.0 Å². The summed E-state index contributed by atoms with van der Waals surface area (Å²) in [5.74, 6) is 0.149. The highest BCUT2D eigenvalue weighted by Crippen LogP contribution is 2.37. The third-order valence-electron chi connectivity index (χ3n) is 2.82. The average molecular weight is 283 g/mol. The zero-order valence-electron chi connectivity index (χ0n) is 9.67. The average Bonchev–Trinajstić information content (AvgIpc) is 2.29. The van der Waals surface area contributed by atoms with Gasteiger partial charge >= 0.3 is 0 Å². The first kappa shape index (κ1) is 11.5. The standard InChI is InChI=1S/C12H15BrN2O/c1-7-4-9(13)12-10(5-7)15(3)11(16)6-8(2)14-12/h4-5,8,14H,6H2,1-3H3. The summed E-state index contributed by atoms with van der Waals surface area (Å²) >= 11 is 3.54. The fourth-order valence-corrected chi connectivity index (χ4v) is 2.64. The van der Waals surface area contributed by atoms with E-state index in [0.717, 1.165) is 21.4 Å². The molecule has 0 fully saturated rings. The van der Waals surface area contributed by atoms with Crippen molar-refractivity contribution in [3.63, 3.8) is 0 Å². The van der Waals surface area contributed by atoms with Crippen molar-refractivity contribution in [2.24, 2.45) is 0 Å². The number of benzene rings is 1. The first-order chi connectivity index (χ1) is 7.49.